The maximum Gasteiger partial charge on any atom is 0.126 e. The molecule has 1 aliphatic rings. The fourth-order valence-corrected chi connectivity index (χ4v) is 2.93. The molecular formula is C19H24O. The monoisotopic (exact) mass is 268 g/mol. The van der Waals surface area contributed by atoms with Gasteiger partial charge in [-0.15, -0.1) is 0 Å². The maximum absolute atomic E-state index is 6.06. The quantitative estimate of drug-likeness (QED) is 0.624. The van der Waals surface area contributed by atoms with E-state index in [0.29, 0.717) is 12.5 Å². The van der Waals surface area contributed by atoms with Crippen molar-refractivity contribution in [1.29, 1.82) is 0 Å². The highest BCUT2D eigenvalue weighted by Crippen LogP contribution is 2.40. The number of rotatable bonds is 0. The lowest BCUT2D eigenvalue weighted by Gasteiger charge is -2.18. The van der Waals surface area contributed by atoms with Crippen LogP contribution < -0.4 is 4.74 Å². The largest absolute Gasteiger partial charge is 0.488 e. The second-order valence-electron chi connectivity index (χ2n) is 5.15. The maximum atomic E-state index is 6.06. The lowest BCUT2D eigenvalue weighted by molar-refractivity contribution is 0.304. The molecule has 2 aromatic rings. The summed E-state index contributed by atoms with van der Waals surface area (Å²) in [6, 6.07) is 12.9. The molecule has 0 aromatic heterocycles. The second kappa shape index (κ2) is 6.13. The third-order valence-corrected chi connectivity index (χ3v) is 3.94. The summed E-state index contributed by atoms with van der Waals surface area (Å²) in [5.74, 6) is 1.48. The van der Waals surface area contributed by atoms with Crippen molar-refractivity contribution < 1.29 is 4.74 Å². The molecule has 1 atom stereocenters. The first kappa shape index (κ1) is 14.6. The third kappa shape index (κ3) is 2.45. The Morgan fingerprint density at radius 2 is 1.60 bits per heavy atom. The molecule has 2 aromatic carbocycles. The van der Waals surface area contributed by atoms with E-state index in [1.807, 2.05) is 13.8 Å². The molecule has 1 unspecified atom stereocenters. The first-order chi connectivity index (χ1) is 9.68. The summed E-state index contributed by atoms with van der Waals surface area (Å²) in [6.07, 6.45) is 0. The van der Waals surface area contributed by atoms with E-state index in [9.17, 15) is 0 Å². The third-order valence-electron chi connectivity index (χ3n) is 3.94. The lowest BCUT2D eigenvalue weighted by atomic mass is 9.87. The van der Waals surface area contributed by atoms with Gasteiger partial charge in [0, 0.05) is 11.5 Å². The number of ether oxygens (including phenoxy) is 1. The number of aryl methyl sites for hydroxylation is 2. The van der Waals surface area contributed by atoms with Gasteiger partial charge < -0.3 is 4.74 Å². The molecule has 0 saturated heterocycles. The van der Waals surface area contributed by atoms with Crippen molar-refractivity contribution >= 4 is 0 Å². The van der Waals surface area contributed by atoms with Crippen LogP contribution in [0.3, 0.4) is 0 Å². The SMILES string of the molecule is CC.Cc1ccc(C)c2c1OCc1ccccc1C2C. The van der Waals surface area contributed by atoms with Gasteiger partial charge in [0.05, 0.1) is 0 Å². The van der Waals surface area contributed by atoms with E-state index < -0.39 is 0 Å². The molecule has 20 heavy (non-hydrogen) atoms. The van der Waals surface area contributed by atoms with Crippen molar-refractivity contribution in [3.8, 4) is 5.75 Å². The van der Waals surface area contributed by atoms with E-state index in [4.69, 9.17) is 4.74 Å². The zero-order chi connectivity index (χ0) is 14.7. The van der Waals surface area contributed by atoms with Gasteiger partial charge in [-0.2, -0.15) is 0 Å². The minimum Gasteiger partial charge on any atom is -0.488 e. The highest BCUT2D eigenvalue weighted by Gasteiger charge is 2.23. The fraction of sp³-hybridized carbons (Fsp3) is 0.368. The zero-order valence-electron chi connectivity index (χ0n) is 13.2. The van der Waals surface area contributed by atoms with E-state index in [1.165, 1.54) is 27.8 Å². The van der Waals surface area contributed by atoms with Crippen molar-refractivity contribution in [2.45, 2.75) is 47.1 Å². The van der Waals surface area contributed by atoms with Crippen LogP contribution in [-0.2, 0) is 6.61 Å². The van der Waals surface area contributed by atoms with Crippen LogP contribution in [0.1, 0.15) is 54.5 Å². The molecule has 0 aliphatic carbocycles. The predicted molar refractivity (Wildman–Crippen MR) is 85.6 cm³/mol. The van der Waals surface area contributed by atoms with E-state index in [-0.39, 0.29) is 0 Å². The topological polar surface area (TPSA) is 9.23 Å². The van der Waals surface area contributed by atoms with Crippen LogP contribution in [0.5, 0.6) is 5.75 Å². The summed E-state index contributed by atoms with van der Waals surface area (Å²) >= 11 is 0. The molecule has 106 valence electrons. The molecule has 0 spiro atoms. The van der Waals surface area contributed by atoms with Gasteiger partial charge in [-0.1, -0.05) is 57.2 Å². The molecule has 1 heterocycles. The molecule has 0 amide bonds. The summed E-state index contributed by atoms with van der Waals surface area (Å²) in [5, 5.41) is 0. The molecule has 0 fully saturated rings. The number of fused-ring (bicyclic) bond motifs is 2. The fourth-order valence-electron chi connectivity index (χ4n) is 2.93. The van der Waals surface area contributed by atoms with Gasteiger partial charge in [0.25, 0.3) is 0 Å². The molecule has 0 radical (unpaired) electrons. The number of hydrogen-bond donors (Lipinski definition) is 0. The average Bonchev–Trinajstić information content (AvgIpc) is 2.64. The standard InChI is InChI=1S/C17H18O.C2H6/c1-11-8-9-12(2)17-16(11)13(3)15-7-5-4-6-14(15)10-18-17;1-2/h4-9,13H,10H2,1-3H3;1-2H3. The molecule has 1 heteroatoms. The Labute approximate surface area is 122 Å². The summed E-state index contributed by atoms with van der Waals surface area (Å²) in [4.78, 5) is 0. The highest BCUT2D eigenvalue weighted by atomic mass is 16.5. The van der Waals surface area contributed by atoms with Crippen LogP contribution in [0, 0.1) is 13.8 Å². The smallest absolute Gasteiger partial charge is 0.126 e. The van der Waals surface area contributed by atoms with Gasteiger partial charge in [-0.3, -0.25) is 0 Å². The normalized spacial score (nSPS) is 15.9. The van der Waals surface area contributed by atoms with Crippen LogP contribution in [0.2, 0.25) is 0 Å². The Hall–Kier alpha value is -1.76. The van der Waals surface area contributed by atoms with Gasteiger partial charge in [0.2, 0.25) is 0 Å². The van der Waals surface area contributed by atoms with Gasteiger partial charge in [0.1, 0.15) is 12.4 Å². The van der Waals surface area contributed by atoms with E-state index in [0.717, 1.165) is 5.75 Å². The van der Waals surface area contributed by atoms with Gasteiger partial charge in [0.15, 0.2) is 0 Å². The zero-order valence-corrected chi connectivity index (χ0v) is 13.2. The van der Waals surface area contributed by atoms with Crippen molar-refractivity contribution in [1.82, 2.24) is 0 Å². The first-order valence-electron chi connectivity index (χ1n) is 7.49. The van der Waals surface area contributed by atoms with Crippen LogP contribution in [0.4, 0.5) is 0 Å². The van der Waals surface area contributed by atoms with Gasteiger partial charge >= 0.3 is 0 Å². The van der Waals surface area contributed by atoms with E-state index in [1.54, 1.807) is 0 Å². The first-order valence-corrected chi connectivity index (χ1v) is 7.49. The Morgan fingerprint density at radius 1 is 0.950 bits per heavy atom. The van der Waals surface area contributed by atoms with Crippen molar-refractivity contribution in [3.63, 3.8) is 0 Å². The molecule has 0 saturated carbocycles. The molecule has 1 aliphatic heterocycles. The summed E-state index contributed by atoms with van der Waals surface area (Å²) < 4.78 is 6.06. The Balaban J connectivity index is 0.000000704. The highest BCUT2D eigenvalue weighted by molar-refractivity contribution is 5.53. The van der Waals surface area contributed by atoms with Gasteiger partial charge in [-0.25, -0.2) is 0 Å². The van der Waals surface area contributed by atoms with Crippen molar-refractivity contribution in [3.05, 3.63) is 64.2 Å². The number of hydrogen-bond acceptors (Lipinski definition) is 1. The van der Waals surface area contributed by atoms with Crippen molar-refractivity contribution in [2.24, 2.45) is 0 Å². The van der Waals surface area contributed by atoms with Gasteiger partial charge in [-0.05, 0) is 36.1 Å². The summed E-state index contributed by atoms with van der Waals surface area (Å²) in [5.41, 5.74) is 6.60. The van der Waals surface area contributed by atoms with E-state index >= 15 is 0 Å². The minimum absolute atomic E-state index is 0.401. The van der Waals surface area contributed by atoms with E-state index in [2.05, 4.69) is 57.2 Å². The lowest BCUT2D eigenvalue weighted by Crippen LogP contribution is -2.00. The van der Waals surface area contributed by atoms with Crippen LogP contribution in [-0.4, -0.2) is 0 Å². The second-order valence-corrected chi connectivity index (χ2v) is 5.15. The predicted octanol–water partition coefficient (Wildman–Crippen LogP) is 5.37. The number of benzene rings is 2. The molecule has 3 rings (SSSR count). The molecule has 1 nitrogen and oxygen atoms in total. The Bertz CT molecular complexity index is 599. The Kier molecular flexibility index (Phi) is 4.49. The molecule has 0 N–H and O–H groups in total. The molecule has 0 bridgehead atoms. The minimum atomic E-state index is 0.401. The van der Waals surface area contributed by atoms with Crippen LogP contribution in [0.25, 0.3) is 0 Å². The Morgan fingerprint density at radius 3 is 2.35 bits per heavy atom. The van der Waals surface area contributed by atoms with Crippen LogP contribution in [0.15, 0.2) is 36.4 Å². The average molecular weight is 268 g/mol. The molecular weight excluding hydrogens is 244 g/mol. The van der Waals surface area contributed by atoms with Crippen LogP contribution >= 0.6 is 0 Å². The summed E-state index contributed by atoms with van der Waals surface area (Å²) in [7, 11) is 0. The summed E-state index contributed by atoms with van der Waals surface area (Å²) in [6.45, 7) is 11.3. The van der Waals surface area contributed by atoms with Crippen molar-refractivity contribution in [2.75, 3.05) is 0 Å².